The molecule has 2 unspecified atom stereocenters. The molecule has 1 amide bonds. The van der Waals surface area contributed by atoms with E-state index in [4.69, 9.17) is 22.1 Å². The molecule has 24 heavy (non-hydrogen) atoms. The largest absolute Gasteiger partial charge is 0.474 e. The van der Waals surface area contributed by atoms with Gasteiger partial charge in [0.25, 0.3) is 5.91 Å². The summed E-state index contributed by atoms with van der Waals surface area (Å²) in [5.41, 5.74) is 5.64. The molecule has 1 aromatic rings. The monoisotopic (exact) mass is 355 g/mol. The lowest BCUT2D eigenvalue weighted by molar-refractivity contribution is -0.386. The first-order valence-electron chi connectivity index (χ1n) is 7.77. The summed E-state index contributed by atoms with van der Waals surface area (Å²) in [7, 11) is 0. The summed E-state index contributed by atoms with van der Waals surface area (Å²) >= 11 is 5.78. The zero-order chi connectivity index (χ0) is 18.1. The van der Waals surface area contributed by atoms with Gasteiger partial charge in [-0.1, -0.05) is 25.4 Å². The number of rotatable bonds is 4. The number of hydrogen-bond donors (Lipinski definition) is 1. The topological polar surface area (TPSA) is 98.7 Å². The van der Waals surface area contributed by atoms with Crippen LogP contribution in [0.2, 0.25) is 5.02 Å². The van der Waals surface area contributed by atoms with Gasteiger partial charge < -0.3 is 15.4 Å². The molecule has 1 heterocycles. The molecule has 7 nitrogen and oxygen atoms in total. The molecule has 0 spiro atoms. The molecule has 0 aliphatic carbocycles. The number of nitrogens with zero attached hydrogens (tertiary/aromatic N) is 2. The first-order valence-corrected chi connectivity index (χ1v) is 8.14. The molecule has 0 radical (unpaired) electrons. The second-order valence-corrected chi connectivity index (χ2v) is 7.21. The Morgan fingerprint density at radius 3 is 2.79 bits per heavy atom. The second-order valence-electron chi connectivity index (χ2n) is 6.77. The molecule has 1 fully saturated rings. The van der Waals surface area contributed by atoms with Crippen molar-refractivity contribution in [2.45, 2.75) is 39.3 Å². The van der Waals surface area contributed by atoms with E-state index in [9.17, 15) is 14.9 Å². The van der Waals surface area contributed by atoms with Crippen LogP contribution in [0.4, 0.5) is 5.69 Å². The van der Waals surface area contributed by atoms with E-state index in [-0.39, 0.29) is 33.8 Å². The SMILES string of the molecule is CC(Oc1ccc(Cl)cc1[N+](=O)[O-])C(=O)N1CCC(N)C(C)(C)C1. The Kier molecular flexibility index (Phi) is 5.35. The maximum absolute atomic E-state index is 12.6. The number of hydrogen-bond acceptors (Lipinski definition) is 5. The summed E-state index contributed by atoms with van der Waals surface area (Å²) < 4.78 is 5.55. The number of ether oxygens (including phenoxy) is 1. The van der Waals surface area contributed by atoms with E-state index in [1.807, 2.05) is 13.8 Å². The zero-order valence-corrected chi connectivity index (χ0v) is 14.7. The molecular formula is C16H22ClN3O4. The fourth-order valence-corrected chi connectivity index (χ4v) is 2.96. The van der Waals surface area contributed by atoms with Crippen LogP contribution in [0.5, 0.6) is 5.75 Å². The number of nitro groups is 1. The molecule has 1 saturated heterocycles. The third kappa shape index (κ3) is 3.96. The van der Waals surface area contributed by atoms with Crippen LogP contribution < -0.4 is 10.5 Å². The van der Waals surface area contributed by atoms with Gasteiger partial charge in [-0.2, -0.15) is 0 Å². The van der Waals surface area contributed by atoms with Crippen molar-refractivity contribution in [2.75, 3.05) is 13.1 Å². The highest BCUT2D eigenvalue weighted by molar-refractivity contribution is 6.30. The Hall–Kier alpha value is -1.86. The summed E-state index contributed by atoms with van der Waals surface area (Å²) in [5, 5.41) is 11.3. The standard InChI is InChI=1S/C16H22ClN3O4/c1-10(15(21)19-7-6-14(18)16(2,3)9-19)24-13-5-4-11(17)8-12(13)20(22)23/h4-5,8,10,14H,6-7,9,18H2,1-3H3. The summed E-state index contributed by atoms with van der Waals surface area (Å²) in [4.78, 5) is 24.8. The Balaban J connectivity index is 2.11. The number of nitro benzene ring substituents is 1. The Labute approximate surface area is 145 Å². The van der Waals surface area contributed by atoms with Gasteiger partial charge >= 0.3 is 5.69 Å². The average Bonchev–Trinajstić information content (AvgIpc) is 2.50. The first-order chi connectivity index (χ1) is 11.1. The molecule has 1 aromatic carbocycles. The van der Waals surface area contributed by atoms with E-state index in [1.54, 1.807) is 11.8 Å². The van der Waals surface area contributed by atoms with Gasteiger partial charge in [0, 0.05) is 30.2 Å². The van der Waals surface area contributed by atoms with E-state index in [2.05, 4.69) is 0 Å². The van der Waals surface area contributed by atoms with Crippen molar-refractivity contribution < 1.29 is 14.5 Å². The third-order valence-electron chi connectivity index (χ3n) is 4.39. The fraction of sp³-hybridized carbons (Fsp3) is 0.562. The third-order valence-corrected chi connectivity index (χ3v) is 4.63. The highest BCUT2D eigenvalue weighted by Gasteiger charge is 2.37. The predicted molar refractivity (Wildman–Crippen MR) is 91.1 cm³/mol. The Morgan fingerprint density at radius 1 is 1.54 bits per heavy atom. The molecule has 132 valence electrons. The molecule has 0 bridgehead atoms. The van der Waals surface area contributed by atoms with Gasteiger partial charge in [-0.25, -0.2) is 0 Å². The van der Waals surface area contributed by atoms with Crippen LogP contribution in [0.3, 0.4) is 0 Å². The van der Waals surface area contributed by atoms with E-state index >= 15 is 0 Å². The number of likely N-dealkylation sites (tertiary alicyclic amines) is 1. The molecule has 1 aliphatic rings. The number of carbonyl (C=O) groups is 1. The maximum atomic E-state index is 12.6. The maximum Gasteiger partial charge on any atom is 0.312 e. The van der Waals surface area contributed by atoms with Gasteiger partial charge in [-0.05, 0) is 30.9 Å². The van der Waals surface area contributed by atoms with E-state index < -0.39 is 11.0 Å². The molecule has 0 aromatic heterocycles. The Morgan fingerprint density at radius 2 is 2.21 bits per heavy atom. The quantitative estimate of drug-likeness (QED) is 0.661. The minimum absolute atomic E-state index is 0.0261. The van der Waals surface area contributed by atoms with Crippen LogP contribution in [-0.4, -0.2) is 41.0 Å². The van der Waals surface area contributed by atoms with E-state index in [0.717, 1.165) is 0 Å². The van der Waals surface area contributed by atoms with Crippen molar-refractivity contribution in [3.8, 4) is 5.75 Å². The lowest BCUT2D eigenvalue weighted by atomic mass is 9.79. The molecule has 2 rings (SSSR count). The van der Waals surface area contributed by atoms with E-state index in [0.29, 0.717) is 19.5 Å². The number of halogens is 1. The van der Waals surface area contributed by atoms with Crippen molar-refractivity contribution in [1.29, 1.82) is 0 Å². The van der Waals surface area contributed by atoms with Crippen LogP contribution in [0.25, 0.3) is 0 Å². The summed E-state index contributed by atoms with van der Waals surface area (Å²) in [5.74, 6) is -0.183. The lowest BCUT2D eigenvalue weighted by Gasteiger charge is -2.43. The van der Waals surface area contributed by atoms with Gasteiger partial charge in [0.15, 0.2) is 11.9 Å². The summed E-state index contributed by atoms with van der Waals surface area (Å²) in [6, 6.07) is 4.14. The number of carbonyl (C=O) groups excluding carboxylic acids is 1. The average molecular weight is 356 g/mol. The molecule has 2 N–H and O–H groups in total. The molecule has 1 aliphatic heterocycles. The minimum atomic E-state index is -0.838. The van der Waals surface area contributed by atoms with E-state index in [1.165, 1.54) is 18.2 Å². The smallest absolute Gasteiger partial charge is 0.312 e. The molecule has 2 atom stereocenters. The Bertz CT molecular complexity index is 650. The summed E-state index contributed by atoms with van der Waals surface area (Å²) in [6.45, 7) is 6.71. The number of benzene rings is 1. The van der Waals surface area contributed by atoms with Crippen LogP contribution in [0, 0.1) is 15.5 Å². The molecular weight excluding hydrogens is 334 g/mol. The summed E-state index contributed by atoms with van der Waals surface area (Å²) in [6.07, 6.45) is -0.123. The molecule has 8 heteroatoms. The van der Waals surface area contributed by atoms with Crippen molar-refractivity contribution in [3.05, 3.63) is 33.3 Å². The van der Waals surface area contributed by atoms with Crippen molar-refractivity contribution in [3.63, 3.8) is 0 Å². The van der Waals surface area contributed by atoms with Gasteiger partial charge in [0.2, 0.25) is 0 Å². The zero-order valence-electron chi connectivity index (χ0n) is 14.0. The van der Waals surface area contributed by atoms with Crippen molar-refractivity contribution in [2.24, 2.45) is 11.1 Å². The second kappa shape index (κ2) is 6.94. The van der Waals surface area contributed by atoms with Gasteiger partial charge in [0.05, 0.1) is 4.92 Å². The number of amides is 1. The molecule has 0 saturated carbocycles. The van der Waals surface area contributed by atoms with Crippen molar-refractivity contribution in [1.82, 2.24) is 4.90 Å². The first kappa shape index (κ1) is 18.5. The van der Waals surface area contributed by atoms with Crippen LogP contribution in [0.15, 0.2) is 18.2 Å². The van der Waals surface area contributed by atoms with Crippen LogP contribution >= 0.6 is 11.6 Å². The van der Waals surface area contributed by atoms with Crippen LogP contribution in [-0.2, 0) is 4.79 Å². The van der Waals surface area contributed by atoms with Crippen molar-refractivity contribution >= 4 is 23.2 Å². The van der Waals surface area contributed by atoms with Gasteiger partial charge in [-0.3, -0.25) is 14.9 Å². The van der Waals surface area contributed by atoms with Crippen LogP contribution in [0.1, 0.15) is 27.2 Å². The predicted octanol–water partition coefficient (Wildman–Crippen LogP) is 2.60. The highest BCUT2D eigenvalue weighted by Crippen LogP contribution is 2.32. The number of piperidine rings is 1. The van der Waals surface area contributed by atoms with Gasteiger partial charge in [0.1, 0.15) is 0 Å². The van der Waals surface area contributed by atoms with Gasteiger partial charge in [-0.15, -0.1) is 0 Å². The normalized spacial score (nSPS) is 21.2. The minimum Gasteiger partial charge on any atom is -0.474 e. The number of nitrogens with two attached hydrogens (primary N) is 1. The fourth-order valence-electron chi connectivity index (χ4n) is 2.79. The highest BCUT2D eigenvalue weighted by atomic mass is 35.5. The lowest BCUT2D eigenvalue weighted by Crippen LogP contribution is -2.56.